The minimum absolute atomic E-state index is 0.0323. The van der Waals surface area contributed by atoms with Crippen LogP contribution in [0.2, 0.25) is 0 Å². The zero-order chi connectivity index (χ0) is 27.4. The van der Waals surface area contributed by atoms with Gasteiger partial charge in [0.2, 0.25) is 5.91 Å². The van der Waals surface area contributed by atoms with E-state index in [0.29, 0.717) is 54.2 Å². The van der Waals surface area contributed by atoms with E-state index >= 15 is 0 Å². The number of aromatic nitrogens is 3. The molecule has 0 radical (unpaired) electrons. The maximum absolute atomic E-state index is 14.0. The molecule has 1 fully saturated rings. The summed E-state index contributed by atoms with van der Waals surface area (Å²) in [6.45, 7) is 6.06. The van der Waals surface area contributed by atoms with Crippen molar-refractivity contribution < 1.29 is 14.7 Å². The van der Waals surface area contributed by atoms with Crippen LogP contribution < -0.4 is 0 Å². The second-order valence-electron chi connectivity index (χ2n) is 9.81. The van der Waals surface area contributed by atoms with Crippen LogP contribution in [0.3, 0.4) is 0 Å². The predicted molar refractivity (Wildman–Crippen MR) is 153 cm³/mol. The first-order valence-electron chi connectivity index (χ1n) is 13.5. The number of phenolic OH excluding ortho intramolecular Hbond substituents is 1. The minimum atomic E-state index is -0.118. The molecule has 1 aliphatic heterocycles. The summed E-state index contributed by atoms with van der Waals surface area (Å²) < 4.78 is 0. The predicted octanol–water partition coefficient (Wildman–Crippen LogP) is 5.22. The Balaban J connectivity index is 1.49. The molecule has 2 aromatic heterocycles. The number of H-pyrrole nitrogens is 1. The Morgan fingerprint density at radius 1 is 0.949 bits per heavy atom. The molecule has 39 heavy (non-hydrogen) atoms. The molecule has 3 heterocycles. The third-order valence-corrected chi connectivity index (χ3v) is 7.40. The van der Waals surface area contributed by atoms with Crippen LogP contribution in [0.4, 0.5) is 0 Å². The second kappa shape index (κ2) is 11.5. The third kappa shape index (κ3) is 5.55. The van der Waals surface area contributed by atoms with Crippen molar-refractivity contribution in [2.24, 2.45) is 5.92 Å². The fourth-order valence-electron chi connectivity index (χ4n) is 5.06. The highest BCUT2D eigenvalue weighted by atomic mass is 16.3. The van der Waals surface area contributed by atoms with E-state index in [1.165, 1.54) is 0 Å². The number of nitrogens with one attached hydrogen (secondary N) is 1. The lowest BCUT2D eigenvalue weighted by Crippen LogP contribution is -2.52. The average molecular weight is 524 g/mol. The molecule has 0 aliphatic carbocycles. The number of rotatable bonds is 7. The van der Waals surface area contributed by atoms with Gasteiger partial charge in [-0.1, -0.05) is 50.3 Å². The van der Waals surface area contributed by atoms with Gasteiger partial charge in [0.1, 0.15) is 5.75 Å². The smallest absolute Gasteiger partial charge is 0.254 e. The Bertz CT molecular complexity index is 1480. The fourth-order valence-corrected chi connectivity index (χ4v) is 5.06. The van der Waals surface area contributed by atoms with Gasteiger partial charge in [-0.15, -0.1) is 0 Å². The van der Waals surface area contributed by atoms with Gasteiger partial charge in [-0.3, -0.25) is 14.7 Å². The molecule has 2 aromatic carbocycles. The van der Waals surface area contributed by atoms with E-state index in [1.807, 2.05) is 66.1 Å². The van der Waals surface area contributed by atoms with E-state index in [-0.39, 0.29) is 23.5 Å². The number of pyridine rings is 1. The van der Waals surface area contributed by atoms with Crippen LogP contribution in [0, 0.1) is 5.92 Å². The van der Waals surface area contributed by atoms with Gasteiger partial charge in [-0.05, 0) is 54.8 Å². The van der Waals surface area contributed by atoms with E-state index in [2.05, 4.69) is 10.2 Å². The third-order valence-electron chi connectivity index (χ3n) is 7.40. The first-order valence-corrected chi connectivity index (χ1v) is 13.5. The molecule has 2 amide bonds. The molecular weight excluding hydrogens is 490 g/mol. The van der Waals surface area contributed by atoms with Crippen LogP contribution in [0.5, 0.6) is 5.75 Å². The molecule has 5 rings (SSSR count). The lowest BCUT2D eigenvalue weighted by molar-refractivity contribution is -0.137. The number of benzene rings is 2. The summed E-state index contributed by atoms with van der Waals surface area (Å²) >= 11 is 0. The number of carbonyl (C=O) groups excluding carboxylic acids is 2. The Morgan fingerprint density at radius 2 is 1.62 bits per heavy atom. The average Bonchev–Trinajstić information content (AvgIpc) is 3.40. The standard InChI is InChI=1S/C31H33N5O3/c1-3-22(4-2)30(38)35-16-18-36(19-17-35)31(39)25-20-27(23-11-13-24(37)14-12-23)32-29-28(25)26(33-34-29)15-10-21-8-6-5-7-9-21/h5-15,20,22,37H,3-4,16-19H2,1-2H3,(H,32,33,34)/b15-10+. The topological polar surface area (TPSA) is 102 Å². The summed E-state index contributed by atoms with van der Waals surface area (Å²) in [5, 5.41) is 17.9. The van der Waals surface area contributed by atoms with Crippen LogP contribution in [0.25, 0.3) is 34.4 Å². The highest BCUT2D eigenvalue weighted by Gasteiger charge is 2.29. The number of hydrogen-bond donors (Lipinski definition) is 2. The Morgan fingerprint density at radius 3 is 2.28 bits per heavy atom. The first-order chi connectivity index (χ1) is 19.0. The zero-order valence-corrected chi connectivity index (χ0v) is 22.3. The number of nitrogens with zero attached hydrogens (tertiary/aromatic N) is 4. The van der Waals surface area contributed by atoms with E-state index in [9.17, 15) is 14.7 Å². The van der Waals surface area contributed by atoms with Crippen molar-refractivity contribution >= 4 is 35.0 Å². The number of piperazine rings is 1. The summed E-state index contributed by atoms with van der Waals surface area (Å²) in [5.74, 6) is 0.251. The van der Waals surface area contributed by atoms with Gasteiger partial charge in [0, 0.05) is 37.7 Å². The molecule has 8 heteroatoms. The highest BCUT2D eigenvalue weighted by Crippen LogP contribution is 2.29. The zero-order valence-electron chi connectivity index (χ0n) is 22.3. The molecule has 200 valence electrons. The lowest BCUT2D eigenvalue weighted by atomic mass is 10.0. The second-order valence-corrected chi connectivity index (χ2v) is 9.81. The highest BCUT2D eigenvalue weighted by molar-refractivity contribution is 6.09. The molecule has 1 saturated heterocycles. The maximum atomic E-state index is 14.0. The lowest BCUT2D eigenvalue weighted by Gasteiger charge is -2.36. The van der Waals surface area contributed by atoms with Gasteiger partial charge in [0.25, 0.3) is 5.91 Å². The summed E-state index contributed by atoms with van der Waals surface area (Å²) in [5.41, 5.74) is 4.05. The number of aromatic hydroxyl groups is 1. The maximum Gasteiger partial charge on any atom is 0.254 e. The van der Waals surface area contributed by atoms with Crippen LogP contribution in [-0.4, -0.2) is 68.1 Å². The van der Waals surface area contributed by atoms with E-state index in [1.54, 1.807) is 30.3 Å². The van der Waals surface area contributed by atoms with E-state index in [0.717, 1.165) is 24.0 Å². The normalized spacial score (nSPS) is 14.0. The van der Waals surface area contributed by atoms with Crippen molar-refractivity contribution in [3.63, 3.8) is 0 Å². The number of phenols is 1. The summed E-state index contributed by atoms with van der Waals surface area (Å²) in [6.07, 6.45) is 5.49. The molecule has 2 N–H and O–H groups in total. The van der Waals surface area contributed by atoms with E-state index < -0.39 is 0 Å². The Kier molecular flexibility index (Phi) is 7.72. The van der Waals surface area contributed by atoms with Crippen LogP contribution in [0.1, 0.15) is 48.3 Å². The largest absolute Gasteiger partial charge is 0.508 e. The fraction of sp³-hybridized carbons (Fsp3) is 0.290. The van der Waals surface area contributed by atoms with Crippen molar-refractivity contribution in [2.45, 2.75) is 26.7 Å². The number of fused-ring (bicyclic) bond motifs is 1. The van der Waals surface area contributed by atoms with Gasteiger partial charge >= 0.3 is 0 Å². The van der Waals surface area contributed by atoms with Gasteiger partial charge in [-0.25, -0.2) is 4.98 Å². The molecule has 8 nitrogen and oxygen atoms in total. The Labute approximate surface area is 228 Å². The minimum Gasteiger partial charge on any atom is -0.508 e. The van der Waals surface area contributed by atoms with Crippen LogP contribution >= 0.6 is 0 Å². The van der Waals surface area contributed by atoms with Crippen molar-refractivity contribution in [1.82, 2.24) is 25.0 Å². The van der Waals surface area contributed by atoms with Crippen molar-refractivity contribution in [2.75, 3.05) is 26.2 Å². The van der Waals surface area contributed by atoms with E-state index in [4.69, 9.17) is 4.98 Å². The number of hydrogen-bond acceptors (Lipinski definition) is 5. The summed E-state index contributed by atoms with van der Waals surface area (Å²) in [6, 6.07) is 18.4. The van der Waals surface area contributed by atoms with Gasteiger partial charge < -0.3 is 14.9 Å². The molecule has 0 bridgehead atoms. The molecule has 4 aromatic rings. The molecule has 0 atom stereocenters. The van der Waals surface area contributed by atoms with Crippen molar-refractivity contribution in [3.05, 3.63) is 77.5 Å². The monoisotopic (exact) mass is 523 g/mol. The van der Waals surface area contributed by atoms with Crippen molar-refractivity contribution in [3.8, 4) is 17.0 Å². The summed E-state index contributed by atoms with van der Waals surface area (Å²) in [4.78, 5) is 35.3. The van der Waals surface area contributed by atoms with Crippen LogP contribution in [-0.2, 0) is 4.79 Å². The van der Waals surface area contributed by atoms with Gasteiger partial charge in [0.05, 0.1) is 22.3 Å². The number of amides is 2. The van der Waals surface area contributed by atoms with Gasteiger partial charge in [0.15, 0.2) is 5.65 Å². The quantitative estimate of drug-likeness (QED) is 0.346. The van der Waals surface area contributed by atoms with Crippen LogP contribution in [0.15, 0.2) is 60.7 Å². The molecular formula is C31H33N5O3. The molecule has 0 unspecified atom stereocenters. The Hall–Kier alpha value is -4.46. The number of aromatic amines is 1. The summed E-state index contributed by atoms with van der Waals surface area (Å²) in [7, 11) is 0. The SMILES string of the molecule is CCC(CC)C(=O)N1CCN(C(=O)c2cc(-c3ccc(O)cc3)nc3[nH]nc(/C=C/c4ccccc4)c23)CC1. The number of carbonyl (C=O) groups is 2. The molecule has 0 spiro atoms. The molecule has 1 aliphatic rings. The molecule has 0 saturated carbocycles. The first kappa shape index (κ1) is 26.2. The van der Waals surface area contributed by atoms with Gasteiger partial charge in [-0.2, -0.15) is 5.10 Å². The van der Waals surface area contributed by atoms with Crippen molar-refractivity contribution in [1.29, 1.82) is 0 Å².